The molecule has 0 spiro atoms. The summed E-state index contributed by atoms with van der Waals surface area (Å²) in [7, 11) is 0. The summed E-state index contributed by atoms with van der Waals surface area (Å²) in [5.74, 6) is 2.67. The fourth-order valence-electron chi connectivity index (χ4n) is 1.99. The van der Waals surface area contributed by atoms with Crippen LogP contribution in [0.2, 0.25) is 0 Å². The standard InChI is InChI=1S/C15H23N3S/c1-5-8-16-14-12-9-11(4)19-15(12)18-13(17-14)7-6-10(2)3/h9-10H,5-8H2,1-4H3,(H,16,17,18). The van der Waals surface area contributed by atoms with Gasteiger partial charge in [0.15, 0.2) is 0 Å². The highest BCUT2D eigenvalue weighted by Gasteiger charge is 2.10. The van der Waals surface area contributed by atoms with Gasteiger partial charge >= 0.3 is 0 Å². The average Bonchev–Trinajstić information content (AvgIpc) is 2.73. The van der Waals surface area contributed by atoms with E-state index >= 15 is 0 Å². The summed E-state index contributed by atoms with van der Waals surface area (Å²) < 4.78 is 0. The van der Waals surface area contributed by atoms with Crippen molar-refractivity contribution >= 4 is 27.4 Å². The Hall–Kier alpha value is -1.16. The number of thiophene rings is 1. The van der Waals surface area contributed by atoms with Gasteiger partial charge < -0.3 is 5.32 Å². The van der Waals surface area contributed by atoms with Crippen LogP contribution in [0.4, 0.5) is 5.82 Å². The number of anilines is 1. The largest absolute Gasteiger partial charge is 0.369 e. The summed E-state index contributed by atoms with van der Waals surface area (Å²) in [5, 5.41) is 4.60. The Kier molecular flexibility index (Phi) is 4.75. The van der Waals surface area contributed by atoms with Crippen LogP contribution in [0.1, 0.15) is 44.3 Å². The third kappa shape index (κ3) is 3.66. The minimum absolute atomic E-state index is 0.691. The van der Waals surface area contributed by atoms with Crippen LogP contribution < -0.4 is 5.32 Å². The highest BCUT2D eigenvalue weighted by atomic mass is 32.1. The first-order valence-corrected chi connectivity index (χ1v) is 7.92. The van der Waals surface area contributed by atoms with Gasteiger partial charge in [-0.15, -0.1) is 11.3 Å². The molecule has 2 heterocycles. The zero-order chi connectivity index (χ0) is 13.8. The minimum atomic E-state index is 0.691. The molecule has 3 nitrogen and oxygen atoms in total. The van der Waals surface area contributed by atoms with E-state index in [4.69, 9.17) is 9.97 Å². The van der Waals surface area contributed by atoms with Crippen LogP contribution in [0.5, 0.6) is 0 Å². The number of aromatic nitrogens is 2. The first-order valence-electron chi connectivity index (χ1n) is 7.11. The predicted octanol–water partition coefficient (Wildman–Crippen LogP) is 4.41. The topological polar surface area (TPSA) is 37.8 Å². The van der Waals surface area contributed by atoms with Crippen molar-refractivity contribution in [3.8, 4) is 0 Å². The van der Waals surface area contributed by atoms with E-state index < -0.39 is 0 Å². The van der Waals surface area contributed by atoms with Crippen molar-refractivity contribution in [2.24, 2.45) is 5.92 Å². The van der Waals surface area contributed by atoms with E-state index in [0.717, 1.165) is 42.3 Å². The Morgan fingerprint density at radius 1 is 1.32 bits per heavy atom. The number of rotatable bonds is 6. The van der Waals surface area contributed by atoms with Crippen molar-refractivity contribution in [1.82, 2.24) is 9.97 Å². The van der Waals surface area contributed by atoms with E-state index in [1.807, 2.05) is 0 Å². The molecule has 0 aliphatic heterocycles. The Balaban J connectivity index is 2.32. The molecule has 0 saturated carbocycles. The van der Waals surface area contributed by atoms with Gasteiger partial charge in [-0.05, 0) is 31.7 Å². The first-order chi connectivity index (χ1) is 9.10. The molecule has 104 valence electrons. The fourth-order valence-corrected chi connectivity index (χ4v) is 2.89. The molecule has 0 bridgehead atoms. The SMILES string of the molecule is CCCNc1nc(CCC(C)C)nc2sc(C)cc12. The van der Waals surface area contributed by atoms with Crippen molar-refractivity contribution in [2.45, 2.75) is 47.0 Å². The summed E-state index contributed by atoms with van der Waals surface area (Å²) in [6, 6.07) is 2.18. The molecule has 0 aliphatic carbocycles. The quantitative estimate of drug-likeness (QED) is 0.850. The summed E-state index contributed by atoms with van der Waals surface area (Å²) in [5.41, 5.74) is 0. The summed E-state index contributed by atoms with van der Waals surface area (Å²) in [4.78, 5) is 11.8. The molecule has 2 aromatic heterocycles. The lowest BCUT2D eigenvalue weighted by Gasteiger charge is -2.08. The summed E-state index contributed by atoms with van der Waals surface area (Å²) >= 11 is 1.76. The summed E-state index contributed by atoms with van der Waals surface area (Å²) in [6.45, 7) is 9.74. The van der Waals surface area contributed by atoms with Crippen molar-refractivity contribution in [3.05, 3.63) is 16.8 Å². The van der Waals surface area contributed by atoms with E-state index in [9.17, 15) is 0 Å². The second-order valence-corrected chi connectivity index (χ2v) is 6.66. The lowest BCUT2D eigenvalue weighted by molar-refractivity contribution is 0.576. The van der Waals surface area contributed by atoms with Gasteiger partial charge in [0.2, 0.25) is 0 Å². The second-order valence-electron chi connectivity index (χ2n) is 5.42. The predicted molar refractivity (Wildman–Crippen MR) is 84.1 cm³/mol. The van der Waals surface area contributed by atoms with E-state index in [2.05, 4.69) is 39.1 Å². The number of hydrogen-bond acceptors (Lipinski definition) is 4. The van der Waals surface area contributed by atoms with Crippen molar-refractivity contribution in [2.75, 3.05) is 11.9 Å². The third-order valence-electron chi connectivity index (χ3n) is 3.05. The van der Waals surface area contributed by atoms with Crippen molar-refractivity contribution in [3.63, 3.8) is 0 Å². The van der Waals surface area contributed by atoms with E-state index in [1.54, 1.807) is 11.3 Å². The fraction of sp³-hybridized carbons (Fsp3) is 0.600. The Morgan fingerprint density at radius 2 is 2.11 bits per heavy atom. The lowest BCUT2D eigenvalue weighted by atomic mass is 10.1. The number of nitrogens with one attached hydrogen (secondary N) is 1. The smallest absolute Gasteiger partial charge is 0.138 e. The number of aryl methyl sites for hydroxylation is 2. The highest BCUT2D eigenvalue weighted by molar-refractivity contribution is 7.18. The molecule has 1 N–H and O–H groups in total. The highest BCUT2D eigenvalue weighted by Crippen LogP contribution is 2.28. The molecule has 0 unspecified atom stereocenters. The van der Waals surface area contributed by atoms with Crippen LogP contribution >= 0.6 is 11.3 Å². The van der Waals surface area contributed by atoms with Gasteiger partial charge in [0.1, 0.15) is 16.5 Å². The summed E-state index contributed by atoms with van der Waals surface area (Å²) in [6.07, 6.45) is 3.21. The average molecular weight is 277 g/mol. The van der Waals surface area contributed by atoms with Crippen LogP contribution in [0, 0.1) is 12.8 Å². The van der Waals surface area contributed by atoms with Crippen LogP contribution in [0.25, 0.3) is 10.2 Å². The van der Waals surface area contributed by atoms with Gasteiger partial charge in [0.25, 0.3) is 0 Å². The van der Waals surface area contributed by atoms with E-state index in [1.165, 1.54) is 10.3 Å². The monoisotopic (exact) mass is 277 g/mol. The molecule has 2 aromatic rings. The van der Waals surface area contributed by atoms with Crippen LogP contribution in [-0.4, -0.2) is 16.5 Å². The van der Waals surface area contributed by atoms with Gasteiger partial charge in [-0.2, -0.15) is 0 Å². The molecule has 0 aliphatic rings. The molecule has 0 radical (unpaired) electrons. The Bertz CT molecular complexity index is 546. The normalized spacial score (nSPS) is 11.4. The third-order valence-corrected chi connectivity index (χ3v) is 3.99. The molecule has 0 fully saturated rings. The van der Waals surface area contributed by atoms with E-state index in [0.29, 0.717) is 5.92 Å². The molecule has 0 aromatic carbocycles. The van der Waals surface area contributed by atoms with Gasteiger partial charge in [0, 0.05) is 17.8 Å². The van der Waals surface area contributed by atoms with Crippen LogP contribution in [0.15, 0.2) is 6.07 Å². The molecule has 4 heteroatoms. The Labute approximate surface area is 119 Å². The molecule has 2 rings (SSSR count). The van der Waals surface area contributed by atoms with Gasteiger partial charge in [0.05, 0.1) is 5.39 Å². The van der Waals surface area contributed by atoms with Gasteiger partial charge in [-0.25, -0.2) is 9.97 Å². The second kappa shape index (κ2) is 6.33. The molecular formula is C15H23N3S. The van der Waals surface area contributed by atoms with Gasteiger partial charge in [-0.3, -0.25) is 0 Å². The van der Waals surface area contributed by atoms with E-state index in [-0.39, 0.29) is 0 Å². The maximum Gasteiger partial charge on any atom is 0.138 e. The number of fused-ring (bicyclic) bond motifs is 1. The number of hydrogen-bond donors (Lipinski definition) is 1. The van der Waals surface area contributed by atoms with Crippen LogP contribution in [0.3, 0.4) is 0 Å². The van der Waals surface area contributed by atoms with Crippen molar-refractivity contribution < 1.29 is 0 Å². The maximum atomic E-state index is 4.71. The number of nitrogens with zero attached hydrogens (tertiary/aromatic N) is 2. The zero-order valence-electron chi connectivity index (χ0n) is 12.3. The molecular weight excluding hydrogens is 254 g/mol. The molecule has 0 saturated heterocycles. The molecule has 0 amide bonds. The Morgan fingerprint density at radius 3 is 2.79 bits per heavy atom. The van der Waals surface area contributed by atoms with Crippen molar-refractivity contribution in [1.29, 1.82) is 0 Å². The maximum absolute atomic E-state index is 4.71. The van der Waals surface area contributed by atoms with Crippen LogP contribution in [-0.2, 0) is 6.42 Å². The minimum Gasteiger partial charge on any atom is -0.369 e. The zero-order valence-corrected chi connectivity index (χ0v) is 13.1. The van der Waals surface area contributed by atoms with Gasteiger partial charge in [-0.1, -0.05) is 20.8 Å². The lowest BCUT2D eigenvalue weighted by Crippen LogP contribution is -2.06. The molecule has 0 atom stereocenters. The molecule has 19 heavy (non-hydrogen) atoms. The first kappa shape index (κ1) is 14.3.